The minimum Gasteiger partial charge on any atom is -0.491 e. The van der Waals surface area contributed by atoms with Gasteiger partial charge in [-0.2, -0.15) is 13.2 Å². The Morgan fingerprint density at radius 2 is 1.95 bits per heavy atom. The van der Waals surface area contributed by atoms with E-state index in [0.29, 0.717) is 19.7 Å². The number of hydrogen-bond acceptors (Lipinski definition) is 3. The lowest BCUT2D eigenvalue weighted by molar-refractivity contribution is -0.136. The summed E-state index contributed by atoms with van der Waals surface area (Å²) in [5.41, 5.74) is 0.728. The topological polar surface area (TPSA) is 30.5 Å². The standard InChI is InChI=1S/C14H19F4NO2/c1-20-8-6-19-10-11-3-4-13(12(15)9-11)21-7-2-5-14(16,17)18/h3-4,9,19H,2,5-8,10H2,1H3. The maximum atomic E-state index is 13.7. The first-order valence-corrected chi connectivity index (χ1v) is 6.60. The summed E-state index contributed by atoms with van der Waals surface area (Å²) in [4.78, 5) is 0. The van der Waals surface area contributed by atoms with Gasteiger partial charge in [-0.25, -0.2) is 4.39 Å². The van der Waals surface area contributed by atoms with E-state index >= 15 is 0 Å². The molecule has 0 aromatic heterocycles. The third kappa shape index (κ3) is 7.87. The molecule has 0 saturated heterocycles. The van der Waals surface area contributed by atoms with Crippen molar-refractivity contribution >= 4 is 0 Å². The summed E-state index contributed by atoms with van der Waals surface area (Å²) in [7, 11) is 1.59. The van der Waals surface area contributed by atoms with Gasteiger partial charge in [0.05, 0.1) is 13.2 Å². The number of alkyl halides is 3. The SMILES string of the molecule is COCCNCc1ccc(OCCCC(F)(F)F)c(F)c1. The lowest BCUT2D eigenvalue weighted by atomic mass is 10.2. The lowest BCUT2D eigenvalue weighted by Gasteiger charge is -2.10. The monoisotopic (exact) mass is 309 g/mol. The molecule has 1 N–H and O–H groups in total. The van der Waals surface area contributed by atoms with Crippen LogP contribution in [0, 0.1) is 5.82 Å². The van der Waals surface area contributed by atoms with Crippen LogP contribution < -0.4 is 10.1 Å². The number of hydrogen-bond donors (Lipinski definition) is 1. The van der Waals surface area contributed by atoms with E-state index < -0.39 is 18.4 Å². The summed E-state index contributed by atoms with van der Waals surface area (Å²) in [5.74, 6) is -0.606. The molecule has 0 amide bonds. The van der Waals surface area contributed by atoms with Crippen molar-refractivity contribution in [2.24, 2.45) is 0 Å². The van der Waals surface area contributed by atoms with Gasteiger partial charge in [-0.3, -0.25) is 0 Å². The Morgan fingerprint density at radius 3 is 2.57 bits per heavy atom. The smallest absolute Gasteiger partial charge is 0.389 e. The van der Waals surface area contributed by atoms with E-state index in [9.17, 15) is 17.6 Å². The Hall–Kier alpha value is -1.34. The van der Waals surface area contributed by atoms with Gasteiger partial charge in [0.25, 0.3) is 0 Å². The summed E-state index contributed by atoms with van der Waals surface area (Å²) in [5, 5.41) is 3.06. The van der Waals surface area contributed by atoms with Crippen LogP contribution in [-0.4, -0.2) is 33.0 Å². The second kappa shape index (κ2) is 8.84. The zero-order valence-corrected chi connectivity index (χ0v) is 11.8. The van der Waals surface area contributed by atoms with Gasteiger partial charge < -0.3 is 14.8 Å². The van der Waals surface area contributed by atoms with E-state index in [2.05, 4.69) is 5.32 Å². The highest BCUT2D eigenvalue weighted by Gasteiger charge is 2.26. The first kappa shape index (κ1) is 17.7. The Morgan fingerprint density at radius 1 is 1.19 bits per heavy atom. The van der Waals surface area contributed by atoms with E-state index in [1.165, 1.54) is 12.1 Å². The highest BCUT2D eigenvalue weighted by atomic mass is 19.4. The van der Waals surface area contributed by atoms with Crippen LogP contribution in [0.25, 0.3) is 0 Å². The summed E-state index contributed by atoms with van der Waals surface area (Å²) in [6.07, 6.45) is -5.33. The maximum absolute atomic E-state index is 13.7. The number of benzene rings is 1. The number of methoxy groups -OCH3 is 1. The van der Waals surface area contributed by atoms with Crippen LogP contribution in [0.1, 0.15) is 18.4 Å². The minimum atomic E-state index is -4.21. The number of rotatable bonds is 9. The predicted octanol–water partition coefficient (Wildman–Crippen LogP) is 3.28. The summed E-state index contributed by atoms with van der Waals surface area (Å²) >= 11 is 0. The first-order chi connectivity index (χ1) is 9.92. The normalized spacial score (nSPS) is 11.7. The van der Waals surface area contributed by atoms with E-state index in [4.69, 9.17) is 9.47 Å². The first-order valence-electron chi connectivity index (χ1n) is 6.60. The third-order valence-corrected chi connectivity index (χ3v) is 2.67. The Labute approximate surface area is 121 Å². The van der Waals surface area contributed by atoms with Gasteiger partial charge >= 0.3 is 6.18 Å². The molecule has 0 aliphatic heterocycles. The number of ether oxygens (including phenoxy) is 2. The van der Waals surface area contributed by atoms with Crippen LogP contribution in [-0.2, 0) is 11.3 Å². The third-order valence-electron chi connectivity index (χ3n) is 2.67. The van der Waals surface area contributed by atoms with Crippen molar-refractivity contribution in [3.63, 3.8) is 0 Å². The highest BCUT2D eigenvalue weighted by Crippen LogP contribution is 2.22. The molecular formula is C14H19F4NO2. The van der Waals surface area contributed by atoms with Crippen molar-refractivity contribution in [2.75, 3.05) is 26.9 Å². The molecule has 1 aromatic carbocycles. The molecule has 0 aliphatic rings. The molecule has 0 heterocycles. The second-order valence-electron chi connectivity index (χ2n) is 4.50. The molecule has 3 nitrogen and oxygen atoms in total. The van der Waals surface area contributed by atoms with E-state index in [1.807, 2.05) is 0 Å². The molecule has 1 aromatic rings. The van der Waals surface area contributed by atoms with Crippen molar-refractivity contribution in [2.45, 2.75) is 25.6 Å². The molecule has 0 bridgehead atoms. The Kier molecular flexibility index (Phi) is 7.45. The molecule has 0 unspecified atom stereocenters. The molecule has 0 atom stereocenters. The average molecular weight is 309 g/mol. The fourth-order valence-electron chi connectivity index (χ4n) is 1.63. The molecule has 0 fully saturated rings. The Bertz CT molecular complexity index is 424. The van der Waals surface area contributed by atoms with E-state index in [1.54, 1.807) is 13.2 Å². The van der Waals surface area contributed by atoms with Gasteiger partial charge in [0.1, 0.15) is 0 Å². The number of nitrogens with one attached hydrogen (secondary N) is 1. The zero-order valence-electron chi connectivity index (χ0n) is 11.8. The maximum Gasteiger partial charge on any atom is 0.389 e. The van der Waals surface area contributed by atoms with Crippen LogP contribution in [0.4, 0.5) is 17.6 Å². The van der Waals surface area contributed by atoms with E-state index in [0.717, 1.165) is 5.56 Å². The van der Waals surface area contributed by atoms with Crippen LogP contribution in [0.3, 0.4) is 0 Å². The predicted molar refractivity (Wildman–Crippen MR) is 70.8 cm³/mol. The van der Waals surface area contributed by atoms with Gasteiger partial charge in [0.15, 0.2) is 11.6 Å². The lowest BCUT2D eigenvalue weighted by Crippen LogP contribution is -2.18. The number of halogens is 4. The molecule has 0 aliphatic carbocycles. The molecule has 0 radical (unpaired) electrons. The quantitative estimate of drug-likeness (QED) is 0.561. The summed E-state index contributed by atoms with van der Waals surface area (Å²) < 4.78 is 59.4. The highest BCUT2D eigenvalue weighted by molar-refractivity contribution is 5.29. The van der Waals surface area contributed by atoms with Gasteiger partial charge in [0, 0.05) is 26.6 Å². The molecule has 7 heteroatoms. The molecule has 0 spiro atoms. The fourth-order valence-corrected chi connectivity index (χ4v) is 1.63. The van der Waals surface area contributed by atoms with Crippen LogP contribution in [0.2, 0.25) is 0 Å². The van der Waals surface area contributed by atoms with Crippen LogP contribution >= 0.6 is 0 Å². The van der Waals surface area contributed by atoms with Crippen LogP contribution in [0.5, 0.6) is 5.75 Å². The minimum absolute atomic E-state index is 0.0298. The van der Waals surface area contributed by atoms with E-state index in [-0.39, 0.29) is 18.8 Å². The largest absolute Gasteiger partial charge is 0.491 e. The summed E-state index contributed by atoms with van der Waals surface area (Å²) in [6, 6.07) is 4.40. The van der Waals surface area contributed by atoms with Crippen molar-refractivity contribution in [3.05, 3.63) is 29.6 Å². The van der Waals surface area contributed by atoms with Crippen molar-refractivity contribution < 1.29 is 27.0 Å². The second-order valence-corrected chi connectivity index (χ2v) is 4.50. The van der Waals surface area contributed by atoms with Gasteiger partial charge in [0.2, 0.25) is 0 Å². The van der Waals surface area contributed by atoms with Crippen molar-refractivity contribution in [1.82, 2.24) is 5.32 Å². The van der Waals surface area contributed by atoms with Crippen LogP contribution in [0.15, 0.2) is 18.2 Å². The summed E-state index contributed by atoms with van der Waals surface area (Å²) in [6.45, 7) is 1.52. The fraction of sp³-hybridized carbons (Fsp3) is 0.571. The Balaban J connectivity index is 2.36. The molecular weight excluding hydrogens is 290 g/mol. The van der Waals surface area contributed by atoms with Crippen molar-refractivity contribution in [1.29, 1.82) is 0 Å². The average Bonchev–Trinajstić information content (AvgIpc) is 2.40. The molecule has 21 heavy (non-hydrogen) atoms. The van der Waals surface area contributed by atoms with Crippen molar-refractivity contribution in [3.8, 4) is 5.75 Å². The van der Waals surface area contributed by atoms with Gasteiger partial charge in [-0.1, -0.05) is 6.07 Å². The molecule has 0 saturated carbocycles. The van der Waals surface area contributed by atoms with Gasteiger partial charge in [-0.15, -0.1) is 0 Å². The van der Waals surface area contributed by atoms with Gasteiger partial charge in [-0.05, 0) is 24.1 Å². The molecule has 1 rings (SSSR count). The molecule has 120 valence electrons. The zero-order chi connectivity index (χ0) is 15.7.